The number of ketones is 1. The van der Waals surface area contributed by atoms with Crippen LogP contribution in [0.15, 0.2) is 36.4 Å². The summed E-state index contributed by atoms with van der Waals surface area (Å²) in [6.07, 6.45) is 3.22. The van der Waals surface area contributed by atoms with Gasteiger partial charge < -0.3 is 9.47 Å². The summed E-state index contributed by atoms with van der Waals surface area (Å²) < 4.78 is 41.5. The molecule has 34 heavy (non-hydrogen) atoms. The van der Waals surface area contributed by atoms with Crippen molar-refractivity contribution in [3.63, 3.8) is 0 Å². The largest absolute Gasteiger partial charge is 0.490 e. The van der Waals surface area contributed by atoms with Crippen LogP contribution in [0.1, 0.15) is 67.4 Å². The molecular weight excluding hydrogens is 436 g/mol. The van der Waals surface area contributed by atoms with Crippen molar-refractivity contribution >= 4 is 5.78 Å². The number of carbonyl (C=O) groups is 1. The highest BCUT2D eigenvalue weighted by Crippen LogP contribution is 2.42. The molecule has 1 heterocycles. The molecule has 184 valence electrons. The number of ether oxygens (including phenoxy) is 2. The van der Waals surface area contributed by atoms with Gasteiger partial charge >= 0.3 is 0 Å². The lowest BCUT2D eigenvalue weighted by Gasteiger charge is -2.37. The molecule has 0 amide bonds. The zero-order valence-electron chi connectivity index (χ0n) is 20.2. The molecule has 1 saturated heterocycles. The first-order valence-electron chi connectivity index (χ1n) is 12.5. The van der Waals surface area contributed by atoms with Crippen LogP contribution in [-0.4, -0.2) is 42.7 Å². The van der Waals surface area contributed by atoms with Crippen molar-refractivity contribution < 1.29 is 23.0 Å². The normalized spacial score (nSPS) is 19.8. The molecule has 0 spiro atoms. The monoisotopic (exact) mass is 471 g/mol. The lowest BCUT2D eigenvalue weighted by atomic mass is 9.82. The van der Waals surface area contributed by atoms with E-state index < -0.39 is 5.67 Å². The van der Waals surface area contributed by atoms with Gasteiger partial charge in [-0.25, -0.2) is 8.78 Å². The van der Waals surface area contributed by atoms with Gasteiger partial charge in [0.15, 0.2) is 17.3 Å². The van der Waals surface area contributed by atoms with Gasteiger partial charge in [-0.2, -0.15) is 0 Å². The Balaban J connectivity index is 1.39. The number of Topliss-reactive ketones (excluding diaryl/α,β-unsaturated/α-hetero) is 1. The minimum Gasteiger partial charge on any atom is -0.490 e. The molecule has 2 aliphatic rings. The molecule has 2 aromatic carbocycles. The highest BCUT2D eigenvalue weighted by molar-refractivity contribution is 6.03. The Morgan fingerprint density at radius 2 is 1.68 bits per heavy atom. The second-order valence-electron chi connectivity index (χ2n) is 9.64. The van der Waals surface area contributed by atoms with Crippen molar-refractivity contribution in [2.24, 2.45) is 5.92 Å². The van der Waals surface area contributed by atoms with Crippen LogP contribution in [0, 0.1) is 11.7 Å². The van der Waals surface area contributed by atoms with Gasteiger partial charge in [0.1, 0.15) is 11.5 Å². The standard InChI is InChI=1S/C28H35F2NO3/c1-3-13-33-25-16-21-15-22(27(32)23(21)17-26(25)34-14-4-2)18-28(30)9-11-31(12-10-28)19-20-7-5-6-8-24(20)29/h5-8,16-17,22H,3-4,9-15,18-19H2,1-2H3. The van der Waals surface area contributed by atoms with Gasteiger partial charge in [-0.05, 0) is 62.3 Å². The van der Waals surface area contributed by atoms with Crippen LogP contribution >= 0.6 is 0 Å². The molecule has 1 aliphatic heterocycles. The number of benzene rings is 2. The third-order valence-electron chi connectivity index (χ3n) is 6.91. The van der Waals surface area contributed by atoms with Crippen molar-refractivity contribution in [3.8, 4) is 11.5 Å². The smallest absolute Gasteiger partial charge is 0.166 e. The van der Waals surface area contributed by atoms with Gasteiger partial charge in [-0.15, -0.1) is 0 Å². The maximum absolute atomic E-state index is 15.8. The number of rotatable bonds is 10. The lowest BCUT2D eigenvalue weighted by molar-refractivity contribution is 0.0333. The maximum Gasteiger partial charge on any atom is 0.166 e. The Hall–Kier alpha value is -2.47. The average Bonchev–Trinajstić information content (AvgIpc) is 3.12. The van der Waals surface area contributed by atoms with Crippen LogP contribution in [0.4, 0.5) is 8.78 Å². The number of carbonyl (C=O) groups excluding carboxylic acids is 1. The summed E-state index contributed by atoms with van der Waals surface area (Å²) in [4.78, 5) is 15.3. The summed E-state index contributed by atoms with van der Waals surface area (Å²) in [6, 6.07) is 10.4. The molecule has 6 heteroatoms. The molecular formula is C28H35F2NO3. The van der Waals surface area contributed by atoms with E-state index in [-0.39, 0.29) is 23.9 Å². The molecule has 0 saturated carbocycles. The van der Waals surface area contributed by atoms with Gasteiger partial charge in [0.2, 0.25) is 0 Å². The Morgan fingerprint density at radius 3 is 2.32 bits per heavy atom. The predicted molar refractivity (Wildman–Crippen MR) is 129 cm³/mol. The van der Waals surface area contributed by atoms with Crippen LogP contribution in [-0.2, 0) is 13.0 Å². The van der Waals surface area contributed by atoms with E-state index in [0.717, 1.165) is 18.4 Å². The molecule has 0 radical (unpaired) electrons. The van der Waals surface area contributed by atoms with Crippen LogP contribution in [0.2, 0.25) is 0 Å². The zero-order chi connectivity index (χ0) is 24.1. The first-order valence-corrected chi connectivity index (χ1v) is 12.5. The average molecular weight is 472 g/mol. The Bertz CT molecular complexity index is 1000. The van der Waals surface area contributed by atoms with E-state index in [1.165, 1.54) is 6.07 Å². The number of fused-ring (bicyclic) bond motifs is 1. The molecule has 4 nitrogen and oxygen atoms in total. The minimum atomic E-state index is -1.38. The Kier molecular flexibility index (Phi) is 7.87. The summed E-state index contributed by atoms with van der Waals surface area (Å²) >= 11 is 0. The summed E-state index contributed by atoms with van der Waals surface area (Å²) in [5.41, 5.74) is 0.820. The highest BCUT2D eigenvalue weighted by atomic mass is 19.1. The SMILES string of the molecule is CCCOc1cc2c(cc1OCCC)C(=O)C(CC1(F)CCN(Cc3ccccc3F)CC1)C2. The highest BCUT2D eigenvalue weighted by Gasteiger charge is 2.42. The second kappa shape index (κ2) is 10.9. The molecule has 0 N–H and O–H groups in total. The van der Waals surface area contributed by atoms with Gasteiger partial charge in [0, 0.05) is 36.7 Å². The number of alkyl halides is 1. The molecule has 0 bridgehead atoms. The number of hydrogen-bond donors (Lipinski definition) is 0. The molecule has 1 aliphatic carbocycles. The fraction of sp³-hybridized carbons (Fsp3) is 0.536. The molecule has 0 aromatic heterocycles. The quantitative estimate of drug-likeness (QED) is 0.416. The van der Waals surface area contributed by atoms with E-state index >= 15 is 4.39 Å². The third kappa shape index (κ3) is 5.60. The molecule has 2 aromatic rings. The van der Waals surface area contributed by atoms with Crippen molar-refractivity contribution in [1.82, 2.24) is 4.90 Å². The van der Waals surface area contributed by atoms with E-state index in [0.29, 0.717) is 74.7 Å². The first-order chi connectivity index (χ1) is 16.4. The fourth-order valence-corrected chi connectivity index (χ4v) is 5.02. The van der Waals surface area contributed by atoms with E-state index in [9.17, 15) is 9.18 Å². The second-order valence-corrected chi connectivity index (χ2v) is 9.64. The summed E-state index contributed by atoms with van der Waals surface area (Å²) in [5, 5.41) is 0. The summed E-state index contributed by atoms with van der Waals surface area (Å²) in [7, 11) is 0. The van der Waals surface area contributed by atoms with Gasteiger partial charge in [-0.3, -0.25) is 9.69 Å². The number of likely N-dealkylation sites (tertiary alicyclic amines) is 1. The number of hydrogen-bond acceptors (Lipinski definition) is 4. The van der Waals surface area contributed by atoms with E-state index in [1.54, 1.807) is 18.2 Å². The van der Waals surface area contributed by atoms with Crippen LogP contribution in [0.3, 0.4) is 0 Å². The summed E-state index contributed by atoms with van der Waals surface area (Å²) in [6.45, 7) is 6.81. The molecule has 1 fully saturated rings. The van der Waals surface area contributed by atoms with Crippen LogP contribution in [0.5, 0.6) is 11.5 Å². The zero-order valence-corrected chi connectivity index (χ0v) is 20.2. The van der Waals surface area contributed by atoms with E-state index in [2.05, 4.69) is 4.90 Å². The maximum atomic E-state index is 15.8. The van der Waals surface area contributed by atoms with Crippen molar-refractivity contribution in [2.75, 3.05) is 26.3 Å². The van der Waals surface area contributed by atoms with Gasteiger partial charge in [0.05, 0.1) is 13.2 Å². The Morgan fingerprint density at radius 1 is 1.03 bits per heavy atom. The van der Waals surface area contributed by atoms with Gasteiger partial charge in [0.25, 0.3) is 0 Å². The Labute approximate surface area is 201 Å². The third-order valence-corrected chi connectivity index (χ3v) is 6.91. The van der Waals surface area contributed by atoms with Crippen LogP contribution in [0.25, 0.3) is 0 Å². The number of halogens is 2. The number of piperidine rings is 1. The molecule has 1 unspecified atom stereocenters. The van der Waals surface area contributed by atoms with Gasteiger partial charge in [-0.1, -0.05) is 32.0 Å². The van der Waals surface area contributed by atoms with Crippen molar-refractivity contribution in [1.29, 1.82) is 0 Å². The van der Waals surface area contributed by atoms with Crippen molar-refractivity contribution in [2.45, 2.75) is 64.6 Å². The van der Waals surface area contributed by atoms with E-state index in [1.807, 2.05) is 26.0 Å². The number of nitrogens with zero attached hydrogens (tertiary/aromatic N) is 1. The lowest BCUT2D eigenvalue weighted by Crippen LogP contribution is -2.43. The minimum absolute atomic E-state index is 0.00389. The topological polar surface area (TPSA) is 38.8 Å². The predicted octanol–water partition coefficient (Wildman–Crippen LogP) is 6.15. The van der Waals surface area contributed by atoms with Crippen molar-refractivity contribution in [3.05, 3.63) is 58.9 Å². The molecule has 1 atom stereocenters. The van der Waals surface area contributed by atoms with Crippen LogP contribution < -0.4 is 9.47 Å². The van der Waals surface area contributed by atoms with E-state index in [4.69, 9.17) is 9.47 Å². The first kappa shape index (κ1) is 24.6. The summed E-state index contributed by atoms with van der Waals surface area (Å²) in [5.74, 6) is 0.680. The fourth-order valence-electron chi connectivity index (χ4n) is 5.02. The molecule has 4 rings (SSSR count).